The van der Waals surface area contributed by atoms with E-state index in [1.807, 2.05) is 30.3 Å². The lowest BCUT2D eigenvalue weighted by atomic mass is 10.1. The topological polar surface area (TPSA) is 55.4 Å². The standard InChI is InChI=1S/C13H15NO3/c1-9(13-11(15)7-12(16)14-13)17-8-10-5-3-2-4-6-10/h2-6,9,13H,7-8H2,1H3,(H,14,16)/t9-,13+/m1/s1. The second-order valence-electron chi connectivity index (χ2n) is 4.19. The highest BCUT2D eigenvalue weighted by molar-refractivity contribution is 6.07. The van der Waals surface area contributed by atoms with E-state index in [4.69, 9.17) is 4.74 Å². The van der Waals surface area contributed by atoms with Gasteiger partial charge >= 0.3 is 0 Å². The zero-order chi connectivity index (χ0) is 12.3. The molecule has 0 spiro atoms. The van der Waals surface area contributed by atoms with E-state index in [1.54, 1.807) is 6.92 Å². The Kier molecular flexibility index (Phi) is 3.54. The maximum atomic E-state index is 11.5. The van der Waals surface area contributed by atoms with Crippen molar-refractivity contribution in [1.82, 2.24) is 5.32 Å². The second kappa shape index (κ2) is 5.10. The Labute approximate surface area is 100.0 Å². The van der Waals surface area contributed by atoms with Crippen LogP contribution >= 0.6 is 0 Å². The fraction of sp³-hybridized carbons (Fsp3) is 0.385. The van der Waals surface area contributed by atoms with Crippen molar-refractivity contribution >= 4 is 11.7 Å². The molecule has 1 fully saturated rings. The third kappa shape index (κ3) is 2.91. The maximum Gasteiger partial charge on any atom is 0.228 e. The van der Waals surface area contributed by atoms with E-state index in [0.29, 0.717) is 6.61 Å². The quantitative estimate of drug-likeness (QED) is 0.791. The number of carbonyl (C=O) groups is 2. The molecule has 1 aliphatic heterocycles. The van der Waals surface area contributed by atoms with E-state index < -0.39 is 6.04 Å². The van der Waals surface area contributed by atoms with Crippen LogP contribution in [-0.2, 0) is 20.9 Å². The van der Waals surface area contributed by atoms with Crippen molar-refractivity contribution in [2.75, 3.05) is 0 Å². The van der Waals surface area contributed by atoms with Crippen LogP contribution in [0.1, 0.15) is 18.9 Å². The number of rotatable bonds is 4. The lowest BCUT2D eigenvalue weighted by Crippen LogP contribution is -2.40. The third-order valence-corrected chi connectivity index (χ3v) is 2.82. The Hall–Kier alpha value is -1.68. The van der Waals surface area contributed by atoms with Crippen molar-refractivity contribution in [3.8, 4) is 0 Å². The van der Waals surface area contributed by atoms with E-state index in [1.165, 1.54) is 0 Å². The number of benzene rings is 1. The molecular weight excluding hydrogens is 218 g/mol. The highest BCUT2D eigenvalue weighted by Crippen LogP contribution is 2.11. The molecule has 1 amide bonds. The predicted octanol–water partition coefficient (Wildman–Crippen LogP) is 1.05. The van der Waals surface area contributed by atoms with Gasteiger partial charge in [-0.1, -0.05) is 30.3 Å². The molecule has 0 unspecified atom stereocenters. The smallest absolute Gasteiger partial charge is 0.228 e. The van der Waals surface area contributed by atoms with E-state index in [-0.39, 0.29) is 24.2 Å². The fourth-order valence-electron chi connectivity index (χ4n) is 1.85. The monoisotopic (exact) mass is 233 g/mol. The normalized spacial score (nSPS) is 21.4. The van der Waals surface area contributed by atoms with E-state index >= 15 is 0 Å². The van der Waals surface area contributed by atoms with Crippen molar-refractivity contribution in [1.29, 1.82) is 0 Å². The van der Waals surface area contributed by atoms with E-state index in [0.717, 1.165) is 5.56 Å². The number of amides is 1. The van der Waals surface area contributed by atoms with Crippen molar-refractivity contribution < 1.29 is 14.3 Å². The molecule has 1 saturated heterocycles. The lowest BCUT2D eigenvalue weighted by Gasteiger charge is -2.18. The van der Waals surface area contributed by atoms with Gasteiger partial charge in [-0.15, -0.1) is 0 Å². The molecule has 0 saturated carbocycles. The Balaban J connectivity index is 1.87. The zero-order valence-corrected chi connectivity index (χ0v) is 9.68. The number of carbonyl (C=O) groups excluding carboxylic acids is 2. The Bertz CT molecular complexity index is 416. The van der Waals surface area contributed by atoms with Crippen LogP contribution < -0.4 is 5.32 Å². The van der Waals surface area contributed by atoms with E-state index in [2.05, 4.69) is 5.32 Å². The summed E-state index contributed by atoms with van der Waals surface area (Å²) in [4.78, 5) is 22.5. The third-order valence-electron chi connectivity index (χ3n) is 2.82. The lowest BCUT2D eigenvalue weighted by molar-refractivity contribution is -0.123. The molecule has 1 aliphatic rings. The molecule has 1 N–H and O–H groups in total. The molecule has 17 heavy (non-hydrogen) atoms. The average Bonchev–Trinajstić information content (AvgIpc) is 2.67. The van der Waals surface area contributed by atoms with Gasteiger partial charge in [0.05, 0.1) is 19.1 Å². The van der Waals surface area contributed by atoms with Crippen molar-refractivity contribution in [3.63, 3.8) is 0 Å². The molecule has 2 rings (SSSR count). The van der Waals surface area contributed by atoms with Gasteiger partial charge in [0.25, 0.3) is 0 Å². The van der Waals surface area contributed by atoms with Gasteiger partial charge in [0.2, 0.25) is 5.91 Å². The number of ether oxygens (including phenoxy) is 1. The fourth-order valence-corrected chi connectivity index (χ4v) is 1.85. The molecular formula is C13H15NO3. The summed E-state index contributed by atoms with van der Waals surface area (Å²) < 4.78 is 5.60. The Morgan fingerprint density at radius 2 is 2.06 bits per heavy atom. The van der Waals surface area contributed by atoms with Gasteiger partial charge in [-0.25, -0.2) is 0 Å². The van der Waals surface area contributed by atoms with Crippen LogP contribution in [0.5, 0.6) is 0 Å². The van der Waals surface area contributed by atoms with E-state index in [9.17, 15) is 9.59 Å². The van der Waals surface area contributed by atoms with Gasteiger partial charge in [-0.05, 0) is 12.5 Å². The first kappa shape index (κ1) is 11.8. The minimum Gasteiger partial charge on any atom is -0.371 e. The summed E-state index contributed by atoms with van der Waals surface area (Å²) in [6.07, 6.45) is -0.321. The van der Waals surface area contributed by atoms with Gasteiger partial charge in [-0.2, -0.15) is 0 Å². The SMILES string of the molecule is C[C@@H](OCc1ccccc1)[C@@H]1NC(=O)CC1=O. The van der Waals surface area contributed by atoms with Gasteiger partial charge in [-0.3, -0.25) is 9.59 Å². The van der Waals surface area contributed by atoms with Crippen LogP contribution in [0.15, 0.2) is 30.3 Å². The Morgan fingerprint density at radius 3 is 2.65 bits per heavy atom. The van der Waals surface area contributed by atoms with Crippen molar-refractivity contribution in [2.24, 2.45) is 0 Å². The highest BCUT2D eigenvalue weighted by atomic mass is 16.5. The zero-order valence-electron chi connectivity index (χ0n) is 9.68. The summed E-state index contributed by atoms with van der Waals surface area (Å²) in [5, 5.41) is 2.63. The highest BCUT2D eigenvalue weighted by Gasteiger charge is 2.34. The number of hydrogen-bond donors (Lipinski definition) is 1. The molecule has 1 heterocycles. The van der Waals surface area contributed by atoms with Crippen LogP contribution in [0.3, 0.4) is 0 Å². The van der Waals surface area contributed by atoms with Gasteiger partial charge in [0.15, 0.2) is 5.78 Å². The van der Waals surface area contributed by atoms with Crippen molar-refractivity contribution in [2.45, 2.75) is 32.1 Å². The first-order chi connectivity index (χ1) is 8.16. The predicted molar refractivity (Wildman–Crippen MR) is 62.2 cm³/mol. The molecule has 90 valence electrons. The van der Waals surface area contributed by atoms with Gasteiger partial charge in [0, 0.05) is 0 Å². The molecule has 4 heteroatoms. The Morgan fingerprint density at radius 1 is 1.35 bits per heavy atom. The van der Waals surface area contributed by atoms with Gasteiger partial charge < -0.3 is 10.1 Å². The van der Waals surface area contributed by atoms with Crippen LogP contribution in [0, 0.1) is 0 Å². The molecule has 0 bridgehead atoms. The second-order valence-corrected chi connectivity index (χ2v) is 4.19. The molecule has 4 nitrogen and oxygen atoms in total. The molecule has 0 aliphatic carbocycles. The summed E-state index contributed by atoms with van der Waals surface area (Å²) in [6, 6.07) is 9.24. The van der Waals surface area contributed by atoms with Gasteiger partial charge in [0.1, 0.15) is 6.04 Å². The molecule has 0 aromatic heterocycles. The summed E-state index contributed by atoms with van der Waals surface area (Å²) in [7, 11) is 0. The summed E-state index contributed by atoms with van der Waals surface area (Å²) in [5.41, 5.74) is 1.05. The average molecular weight is 233 g/mol. The number of Topliss-reactive ketones (excluding diaryl/α,β-unsaturated/α-hetero) is 1. The largest absolute Gasteiger partial charge is 0.371 e. The number of nitrogens with one attached hydrogen (secondary N) is 1. The minimum absolute atomic E-state index is 0.0241. The molecule has 2 atom stereocenters. The van der Waals surface area contributed by atoms with Crippen LogP contribution in [0.25, 0.3) is 0 Å². The first-order valence-corrected chi connectivity index (χ1v) is 5.64. The number of ketones is 1. The summed E-state index contributed by atoms with van der Waals surface area (Å²) >= 11 is 0. The molecule has 1 aromatic rings. The maximum absolute atomic E-state index is 11.5. The summed E-state index contributed by atoms with van der Waals surface area (Å²) in [5.74, 6) is -0.300. The number of hydrogen-bond acceptors (Lipinski definition) is 3. The van der Waals surface area contributed by atoms with Crippen LogP contribution in [-0.4, -0.2) is 23.8 Å². The van der Waals surface area contributed by atoms with Crippen LogP contribution in [0.4, 0.5) is 0 Å². The first-order valence-electron chi connectivity index (χ1n) is 5.64. The molecule has 0 radical (unpaired) electrons. The summed E-state index contributed by atoms with van der Waals surface area (Å²) in [6.45, 7) is 2.25. The van der Waals surface area contributed by atoms with Crippen LogP contribution in [0.2, 0.25) is 0 Å². The molecule has 1 aromatic carbocycles. The minimum atomic E-state index is -0.494. The van der Waals surface area contributed by atoms with Crippen molar-refractivity contribution in [3.05, 3.63) is 35.9 Å².